The van der Waals surface area contributed by atoms with Crippen molar-refractivity contribution in [2.24, 2.45) is 0 Å². The van der Waals surface area contributed by atoms with Crippen molar-refractivity contribution in [1.82, 2.24) is 0 Å². The highest BCUT2D eigenvalue weighted by atomic mass is 14.2. The number of hydrogen-bond donors (Lipinski definition) is 0. The van der Waals surface area contributed by atoms with Crippen molar-refractivity contribution in [3.8, 4) is 11.1 Å². The number of aryl methyl sites for hydroxylation is 3. The number of hydrogen-bond acceptors (Lipinski definition) is 0. The first-order chi connectivity index (χ1) is 13.8. The SMILES string of the molecule is CCCCc1ccc(C2CCc3cc(-c4ccc(CC)cc4)ccc3C2)cc1. The summed E-state index contributed by atoms with van der Waals surface area (Å²) in [5.74, 6) is 0.669. The fraction of sp³-hybridized carbons (Fsp3) is 0.357. The van der Waals surface area contributed by atoms with E-state index in [1.165, 1.54) is 66.3 Å². The molecule has 0 nitrogen and oxygen atoms in total. The smallest absolute Gasteiger partial charge is 0.0118 e. The lowest BCUT2D eigenvalue weighted by atomic mass is 9.79. The van der Waals surface area contributed by atoms with E-state index in [9.17, 15) is 0 Å². The fourth-order valence-corrected chi connectivity index (χ4v) is 4.49. The van der Waals surface area contributed by atoms with Gasteiger partial charge in [-0.1, -0.05) is 87.0 Å². The number of benzene rings is 3. The molecule has 3 aromatic rings. The van der Waals surface area contributed by atoms with E-state index in [-0.39, 0.29) is 0 Å². The van der Waals surface area contributed by atoms with Crippen LogP contribution in [0.1, 0.15) is 66.8 Å². The molecule has 0 amide bonds. The monoisotopic (exact) mass is 368 g/mol. The van der Waals surface area contributed by atoms with Crippen molar-refractivity contribution in [2.75, 3.05) is 0 Å². The predicted octanol–water partition coefficient (Wildman–Crippen LogP) is 7.53. The summed E-state index contributed by atoms with van der Waals surface area (Å²) >= 11 is 0. The maximum Gasteiger partial charge on any atom is -0.0118 e. The van der Waals surface area contributed by atoms with E-state index in [0.29, 0.717) is 5.92 Å². The highest BCUT2D eigenvalue weighted by molar-refractivity contribution is 5.65. The Bertz CT molecular complexity index is 900. The van der Waals surface area contributed by atoms with Crippen molar-refractivity contribution in [1.29, 1.82) is 0 Å². The van der Waals surface area contributed by atoms with E-state index >= 15 is 0 Å². The van der Waals surface area contributed by atoms with Gasteiger partial charge >= 0.3 is 0 Å². The summed E-state index contributed by atoms with van der Waals surface area (Å²) in [6.45, 7) is 4.47. The highest BCUT2D eigenvalue weighted by Gasteiger charge is 2.20. The average Bonchev–Trinajstić information content (AvgIpc) is 2.77. The number of rotatable bonds is 6. The Hall–Kier alpha value is -2.34. The molecule has 0 aromatic heterocycles. The van der Waals surface area contributed by atoms with Crippen LogP contribution in [0.5, 0.6) is 0 Å². The van der Waals surface area contributed by atoms with E-state index in [1.807, 2.05) is 0 Å². The van der Waals surface area contributed by atoms with Gasteiger partial charge in [-0.25, -0.2) is 0 Å². The lowest BCUT2D eigenvalue weighted by molar-refractivity contribution is 0.585. The molecule has 0 saturated carbocycles. The normalized spacial score (nSPS) is 16.0. The molecule has 28 heavy (non-hydrogen) atoms. The number of fused-ring (bicyclic) bond motifs is 1. The zero-order valence-corrected chi connectivity index (χ0v) is 17.4. The molecule has 0 radical (unpaired) electrons. The molecule has 0 bridgehead atoms. The Morgan fingerprint density at radius 3 is 2.18 bits per heavy atom. The van der Waals surface area contributed by atoms with Gasteiger partial charge in [-0.15, -0.1) is 0 Å². The minimum atomic E-state index is 0.669. The summed E-state index contributed by atoms with van der Waals surface area (Å²) in [5, 5.41) is 0. The van der Waals surface area contributed by atoms with E-state index in [4.69, 9.17) is 0 Å². The molecular formula is C28H32. The second-order valence-corrected chi connectivity index (χ2v) is 8.32. The maximum atomic E-state index is 2.43. The summed E-state index contributed by atoms with van der Waals surface area (Å²) in [6.07, 6.45) is 8.51. The largest absolute Gasteiger partial charge is 0.0654 e. The summed E-state index contributed by atoms with van der Waals surface area (Å²) in [7, 11) is 0. The van der Waals surface area contributed by atoms with Crippen LogP contribution in [0.2, 0.25) is 0 Å². The minimum absolute atomic E-state index is 0.669. The van der Waals surface area contributed by atoms with Crippen LogP contribution in [-0.4, -0.2) is 0 Å². The second kappa shape index (κ2) is 8.78. The molecular weight excluding hydrogens is 336 g/mol. The summed E-state index contributed by atoms with van der Waals surface area (Å²) < 4.78 is 0. The average molecular weight is 369 g/mol. The van der Waals surface area contributed by atoms with Crippen molar-refractivity contribution in [3.63, 3.8) is 0 Å². The van der Waals surface area contributed by atoms with Crippen LogP contribution >= 0.6 is 0 Å². The first-order valence-corrected chi connectivity index (χ1v) is 11.1. The Balaban J connectivity index is 1.48. The summed E-state index contributed by atoms with van der Waals surface area (Å²) in [4.78, 5) is 0. The molecule has 0 saturated heterocycles. The molecule has 0 N–H and O–H groups in total. The molecule has 4 rings (SSSR count). The Morgan fingerprint density at radius 1 is 0.750 bits per heavy atom. The molecule has 0 heterocycles. The van der Waals surface area contributed by atoms with Gasteiger partial charge in [0, 0.05) is 0 Å². The minimum Gasteiger partial charge on any atom is -0.0654 e. The Morgan fingerprint density at radius 2 is 1.46 bits per heavy atom. The third-order valence-corrected chi connectivity index (χ3v) is 6.40. The predicted molar refractivity (Wildman–Crippen MR) is 121 cm³/mol. The first-order valence-electron chi connectivity index (χ1n) is 11.1. The Labute approximate surface area is 170 Å². The molecule has 3 aromatic carbocycles. The molecule has 1 unspecified atom stereocenters. The van der Waals surface area contributed by atoms with E-state index in [0.717, 1.165) is 6.42 Å². The van der Waals surface area contributed by atoms with E-state index in [1.54, 1.807) is 11.1 Å². The lowest BCUT2D eigenvalue weighted by Gasteiger charge is -2.26. The second-order valence-electron chi connectivity index (χ2n) is 8.32. The van der Waals surface area contributed by atoms with Gasteiger partial charge in [0.1, 0.15) is 0 Å². The first kappa shape index (κ1) is 19.0. The zero-order chi connectivity index (χ0) is 19.3. The van der Waals surface area contributed by atoms with Crippen LogP contribution in [0.3, 0.4) is 0 Å². The molecule has 1 atom stereocenters. The molecule has 0 spiro atoms. The summed E-state index contributed by atoms with van der Waals surface area (Å²) in [5.41, 5.74) is 10.2. The molecule has 1 aliphatic rings. The van der Waals surface area contributed by atoms with Crippen molar-refractivity contribution < 1.29 is 0 Å². The van der Waals surface area contributed by atoms with Gasteiger partial charge in [0.15, 0.2) is 0 Å². The van der Waals surface area contributed by atoms with Gasteiger partial charge in [0.2, 0.25) is 0 Å². The van der Waals surface area contributed by atoms with Crippen LogP contribution in [0, 0.1) is 0 Å². The van der Waals surface area contributed by atoms with Crippen molar-refractivity contribution >= 4 is 0 Å². The van der Waals surface area contributed by atoms with Gasteiger partial charge in [0.25, 0.3) is 0 Å². The zero-order valence-electron chi connectivity index (χ0n) is 17.4. The van der Waals surface area contributed by atoms with Gasteiger partial charge < -0.3 is 0 Å². The van der Waals surface area contributed by atoms with Crippen molar-refractivity contribution in [2.45, 2.75) is 64.7 Å². The van der Waals surface area contributed by atoms with Gasteiger partial charge in [-0.2, -0.15) is 0 Å². The summed E-state index contributed by atoms with van der Waals surface area (Å²) in [6, 6.07) is 25.6. The van der Waals surface area contributed by atoms with E-state index < -0.39 is 0 Å². The van der Waals surface area contributed by atoms with Gasteiger partial charge in [-0.05, 0) is 83.4 Å². The lowest BCUT2D eigenvalue weighted by Crippen LogP contribution is -2.13. The molecule has 1 aliphatic carbocycles. The quantitative estimate of drug-likeness (QED) is 0.422. The van der Waals surface area contributed by atoms with Crippen molar-refractivity contribution in [3.05, 3.63) is 94.5 Å². The number of unbranched alkanes of at least 4 members (excludes halogenated alkanes) is 1. The van der Waals surface area contributed by atoms with Crippen LogP contribution in [-0.2, 0) is 25.7 Å². The Kier molecular flexibility index (Phi) is 5.95. The molecule has 0 fully saturated rings. The van der Waals surface area contributed by atoms with E-state index in [2.05, 4.69) is 80.6 Å². The van der Waals surface area contributed by atoms with Gasteiger partial charge in [-0.3, -0.25) is 0 Å². The molecule has 144 valence electrons. The standard InChI is InChI=1S/C28H32/c1-3-5-6-22-9-13-24(14-10-22)26-16-18-27-19-25(15-17-28(27)20-26)23-11-7-21(4-2)8-12-23/h7-15,17,19,26H,3-6,16,18,20H2,1-2H3. The fourth-order valence-electron chi connectivity index (χ4n) is 4.49. The van der Waals surface area contributed by atoms with Gasteiger partial charge in [0.05, 0.1) is 0 Å². The van der Waals surface area contributed by atoms with Crippen LogP contribution < -0.4 is 0 Å². The topological polar surface area (TPSA) is 0 Å². The van der Waals surface area contributed by atoms with Crippen LogP contribution in [0.25, 0.3) is 11.1 Å². The molecule has 0 aliphatic heterocycles. The third kappa shape index (κ3) is 4.22. The third-order valence-electron chi connectivity index (χ3n) is 6.40. The highest BCUT2D eigenvalue weighted by Crippen LogP contribution is 2.35. The maximum absolute atomic E-state index is 2.43. The molecule has 0 heteroatoms. The van der Waals surface area contributed by atoms with Crippen LogP contribution in [0.15, 0.2) is 66.7 Å². The van der Waals surface area contributed by atoms with Crippen LogP contribution in [0.4, 0.5) is 0 Å².